The summed E-state index contributed by atoms with van der Waals surface area (Å²) in [4.78, 5) is 27.2. The molecule has 1 fully saturated rings. The number of nitrogens with one attached hydrogen (secondary N) is 1. The molecule has 0 unspecified atom stereocenters. The van der Waals surface area contributed by atoms with Gasteiger partial charge in [0.25, 0.3) is 5.56 Å². The molecule has 1 amide bonds. The van der Waals surface area contributed by atoms with Gasteiger partial charge in [0.15, 0.2) is 0 Å². The number of hydrogen-bond acceptors (Lipinski definition) is 5. The number of amides is 1. The number of ether oxygens (including phenoxy) is 1. The number of para-hydroxylation sites is 2. The zero-order chi connectivity index (χ0) is 19.5. The molecule has 0 saturated carbocycles. The molecule has 0 spiro atoms. The Hall–Kier alpha value is -3.19. The van der Waals surface area contributed by atoms with Crippen molar-refractivity contribution in [2.24, 2.45) is 7.05 Å². The summed E-state index contributed by atoms with van der Waals surface area (Å²) in [5.41, 5.74) is 2.16. The predicted octanol–water partition coefficient (Wildman–Crippen LogP) is 1.95. The van der Waals surface area contributed by atoms with Gasteiger partial charge in [0.2, 0.25) is 5.91 Å². The zero-order valence-electron chi connectivity index (χ0n) is 15.7. The Labute approximate surface area is 162 Å². The first-order valence-electron chi connectivity index (χ1n) is 9.30. The van der Waals surface area contributed by atoms with Crippen LogP contribution in [0.4, 0.5) is 11.4 Å². The Morgan fingerprint density at radius 2 is 1.75 bits per heavy atom. The molecule has 2 heterocycles. The van der Waals surface area contributed by atoms with Gasteiger partial charge in [-0.1, -0.05) is 30.3 Å². The van der Waals surface area contributed by atoms with E-state index in [2.05, 4.69) is 15.3 Å². The zero-order valence-corrected chi connectivity index (χ0v) is 15.7. The second-order valence-electron chi connectivity index (χ2n) is 6.76. The summed E-state index contributed by atoms with van der Waals surface area (Å²) in [6, 6.07) is 15.0. The molecule has 3 aromatic rings. The highest BCUT2D eigenvalue weighted by Crippen LogP contribution is 2.26. The summed E-state index contributed by atoms with van der Waals surface area (Å²) in [6.45, 7) is 2.94. The molecular weight excluding hydrogens is 356 g/mol. The van der Waals surface area contributed by atoms with E-state index in [0.29, 0.717) is 29.7 Å². The lowest BCUT2D eigenvalue weighted by Gasteiger charge is -2.30. The average molecular weight is 378 g/mol. The lowest BCUT2D eigenvalue weighted by Crippen LogP contribution is -2.36. The van der Waals surface area contributed by atoms with Gasteiger partial charge in [0, 0.05) is 25.5 Å². The van der Waals surface area contributed by atoms with Crippen LogP contribution in [0, 0.1) is 0 Å². The molecule has 0 radical (unpaired) electrons. The molecule has 0 aliphatic carbocycles. The normalized spacial score (nSPS) is 14.2. The molecule has 1 aliphatic rings. The van der Waals surface area contributed by atoms with Gasteiger partial charge >= 0.3 is 0 Å². The third kappa shape index (κ3) is 3.61. The molecule has 1 aromatic heterocycles. The third-order valence-electron chi connectivity index (χ3n) is 4.89. The standard InChI is InChI=1S/C21H22N4O3/c1-24-21(27)16-7-3-2-6-15(16)18(23-24)14-20(26)22-17-8-4-5-9-19(17)25-10-12-28-13-11-25/h2-9H,10-14H2,1H3,(H,22,26). The number of hydrogen-bond donors (Lipinski definition) is 1. The second kappa shape index (κ2) is 7.82. The van der Waals surface area contributed by atoms with Gasteiger partial charge < -0.3 is 15.0 Å². The quantitative estimate of drug-likeness (QED) is 0.751. The monoisotopic (exact) mass is 378 g/mol. The van der Waals surface area contributed by atoms with Crippen LogP contribution in [0.1, 0.15) is 5.69 Å². The first-order valence-corrected chi connectivity index (χ1v) is 9.30. The van der Waals surface area contributed by atoms with Crippen molar-refractivity contribution in [2.45, 2.75) is 6.42 Å². The van der Waals surface area contributed by atoms with E-state index in [4.69, 9.17) is 4.74 Å². The predicted molar refractivity (Wildman–Crippen MR) is 109 cm³/mol. The molecule has 28 heavy (non-hydrogen) atoms. The Balaban J connectivity index is 1.59. The number of fused-ring (bicyclic) bond motifs is 1. The van der Waals surface area contributed by atoms with Gasteiger partial charge in [-0.2, -0.15) is 5.10 Å². The lowest BCUT2D eigenvalue weighted by molar-refractivity contribution is -0.115. The van der Waals surface area contributed by atoms with E-state index in [0.717, 1.165) is 24.5 Å². The van der Waals surface area contributed by atoms with Crippen LogP contribution >= 0.6 is 0 Å². The molecule has 1 aliphatic heterocycles. The maximum absolute atomic E-state index is 12.8. The van der Waals surface area contributed by atoms with Gasteiger partial charge in [0.05, 0.1) is 42.1 Å². The molecular formula is C21H22N4O3. The Morgan fingerprint density at radius 1 is 1.07 bits per heavy atom. The molecule has 144 valence electrons. The highest BCUT2D eigenvalue weighted by atomic mass is 16.5. The minimum Gasteiger partial charge on any atom is -0.378 e. The number of rotatable bonds is 4. The van der Waals surface area contributed by atoms with Crippen LogP contribution in [-0.4, -0.2) is 42.0 Å². The van der Waals surface area contributed by atoms with Crippen molar-refractivity contribution in [1.29, 1.82) is 0 Å². The van der Waals surface area contributed by atoms with Crippen LogP contribution in [0.3, 0.4) is 0 Å². The van der Waals surface area contributed by atoms with Gasteiger partial charge in [-0.05, 0) is 18.2 Å². The number of anilines is 2. The summed E-state index contributed by atoms with van der Waals surface area (Å²) in [7, 11) is 1.60. The minimum atomic E-state index is -0.169. The molecule has 7 heteroatoms. The minimum absolute atomic E-state index is 0.0894. The molecule has 1 N–H and O–H groups in total. The van der Waals surface area contributed by atoms with Gasteiger partial charge in [-0.25, -0.2) is 4.68 Å². The van der Waals surface area contributed by atoms with Crippen molar-refractivity contribution in [3.8, 4) is 0 Å². The summed E-state index contributed by atoms with van der Waals surface area (Å²) in [5.74, 6) is -0.169. The fraction of sp³-hybridized carbons (Fsp3) is 0.286. The number of carbonyl (C=O) groups is 1. The van der Waals surface area contributed by atoms with Crippen LogP contribution in [0.25, 0.3) is 10.8 Å². The SMILES string of the molecule is Cn1nc(CC(=O)Nc2ccccc2N2CCOCC2)c2ccccc2c1=O. The fourth-order valence-corrected chi connectivity index (χ4v) is 3.51. The molecule has 7 nitrogen and oxygen atoms in total. The van der Waals surface area contributed by atoms with Crippen LogP contribution in [0.15, 0.2) is 53.3 Å². The van der Waals surface area contributed by atoms with E-state index in [1.54, 1.807) is 13.1 Å². The Morgan fingerprint density at radius 3 is 2.54 bits per heavy atom. The van der Waals surface area contributed by atoms with Crippen LogP contribution in [0.5, 0.6) is 0 Å². The number of nitrogens with zero attached hydrogens (tertiary/aromatic N) is 3. The van der Waals surface area contributed by atoms with E-state index in [1.807, 2.05) is 42.5 Å². The highest BCUT2D eigenvalue weighted by Gasteiger charge is 2.17. The number of aromatic nitrogens is 2. The van der Waals surface area contributed by atoms with E-state index >= 15 is 0 Å². The lowest BCUT2D eigenvalue weighted by atomic mass is 10.1. The van der Waals surface area contributed by atoms with Crippen molar-refractivity contribution in [3.05, 3.63) is 64.6 Å². The topological polar surface area (TPSA) is 76.5 Å². The fourth-order valence-electron chi connectivity index (χ4n) is 3.51. The van der Waals surface area contributed by atoms with Crippen molar-refractivity contribution < 1.29 is 9.53 Å². The van der Waals surface area contributed by atoms with Crippen molar-refractivity contribution in [1.82, 2.24) is 9.78 Å². The Kier molecular flexibility index (Phi) is 5.08. The van der Waals surface area contributed by atoms with Crippen molar-refractivity contribution in [3.63, 3.8) is 0 Å². The molecule has 1 saturated heterocycles. The van der Waals surface area contributed by atoms with Gasteiger partial charge in [-0.15, -0.1) is 0 Å². The molecule has 0 atom stereocenters. The molecule has 2 aromatic carbocycles. The van der Waals surface area contributed by atoms with Crippen molar-refractivity contribution in [2.75, 3.05) is 36.5 Å². The van der Waals surface area contributed by atoms with Gasteiger partial charge in [0.1, 0.15) is 0 Å². The Bertz CT molecular complexity index is 1070. The number of benzene rings is 2. The number of aryl methyl sites for hydroxylation is 1. The summed E-state index contributed by atoms with van der Waals surface area (Å²) < 4.78 is 6.70. The number of carbonyl (C=O) groups excluding carboxylic acids is 1. The maximum Gasteiger partial charge on any atom is 0.274 e. The van der Waals surface area contributed by atoms with E-state index in [-0.39, 0.29) is 17.9 Å². The van der Waals surface area contributed by atoms with Gasteiger partial charge in [-0.3, -0.25) is 9.59 Å². The molecule has 0 bridgehead atoms. The maximum atomic E-state index is 12.8. The van der Waals surface area contributed by atoms with E-state index in [9.17, 15) is 9.59 Å². The number of morpholine rings is 1. The summed E-state index contributed by atoms with van der Waals surface area (Å²) >= 11 is 0. The van der Waals surface area contributed by atoms with Crippen LogP contribution in [0.2, 0.25) is 0 Å². The average Bonchev–Trinajstić information content (AvgIpc) is 2.73. The first-order chi connectivity index (χ1) is 13.6. The molecule has 4 rings (SSSR count). The van der Waals surface area contributed by atoms with Crippen molar-refractivity contribution >= 4 is 28.1 Å². The highest BCUT2D eigenvalue weighted by molar-refractivity contribution is 5.97. The second-order valence-corrected chi connectivity index (χ2v) is 6.76. The first kappa shape index (κ1) is 18.2. The smallest absolute Gasteiger partial charge is 0.274 e. The third-order valence-corrected chi connectivity index (χ3v) is 4.89. The van der Waals surface area contributed by atoms with Crippen LogP contribution in [-0.2, 0) is 23.0 Å². The largest absolute Gasteiger partial charge is 0.378 e. The summed E-state index contributed by atoms with van der Waals surface area (Å²) in [5, 5.41) is 8.59. The van der Waals surface area contributed by atoms with E-state index in [1.165, 1.54) is 4.68 Å². The van der Waals surface area contributed by atoms with Crippen LogP contribution < -0.4 is 15.8 Å². The summed E-state index contributed by atoms with van der Waals surface area (Å²) in [6.07, 6.45) is 0.0894. The van der Waals surface area contributed by atoms with E-state index < -0.39 is 0 Å².